The SMILES string of the molecule is Cc1ccccc1-c1ccc(-c2ccccc2)c(C)c1. The summed E-state index contributed by atoms with van der Waals surface area (Å²) in [5.74, 6) is 0. The van der Waals surface area contributed by atoms with Crippen molar-refractivity contribution in [3.05, 3.63) is 83.9 Å². The maximum absolute atomic E-state index is 2.28. The Morgan fingerprint density at radius 1 is 0.500 bits per heavy atom. The van der Waals surface area contributed by atoms with Crippen LogP contribution in [0.15, 0.2) is 72.8 Å². The van der Waals surface area contributed by atoms with E-state index in [-0.39, 0.29) is 0 Å². The lowest BCUT2D eigenvalue weighted by molar-refractivity contribution is 1.42. The van der Waals surface area contributed by atoms with Gasteiger partial charge in [-0.15, -0.1) is 0 Å². The fourth-order valence-corrected chi connectivity index (χ4v) is 2.67. The number of aryl methyl sites for hydroxylation is 2. The molecule has 98 valence electrons. The van der Waals surface area contributed by atoms with Crippen molar-refractivity contribution in [1.29, 1.82) is 0 Å². The molecular weight excluding hydrogens is 240 g/mol. The van der Waals surface area contributed by atoms with E-state index < -0.39 is 0 Å². The van der Waals surface area contributed by atoms with Crippen LogP contribution in [-0.2, 0) is 0 Å². The molecule has 0 amide bonds. The van der Waals surface area contributed by atoms with E-state index in [0.29, 0.717) is 0 Å². The molecule has 0 fully saturated rings. The monoisotopic (exact) mass is 258 g/mol. The highest BCUT2D eigenvalue weighted by Gasteiger charge is 2.05. The summed E-state index contributed by atoms with van der Waals surface area (Å²) in [7, 11) is 0. The summed E-state index contributed by atoms with van der Waals surface area (Å²) < 4.78 is 0. The molecule has 20 heavy (non-hydrogen) atoms. The van der Waals surface area contributed by atoms with Crippen molar-refractivity contribution < 1.29 is 0 Å². The Bertz CT molecular complexity index is 724. The molecule has 0 unspecified atom stereocenters. The molecule has 0 radical (unpaired) electrons. The van der Waals surface area contributed by atoms with Gasteiger partial charge in [0.1, 0.15) is 0 Å². The smallest absolute Gasteiger partial charge is 0.0154 e. The van der Waals surface area contributed by atoms with Crippen molar-refractivity contribution in [3.63, 3.8) is 0 Å². The summed E-state index contributed by atoms with van der Waals surface area (Å²) in [6.07, 6.45) is 0. The van der Waals surface area contributed by atoms with E-state index in [1.54, 1.807) is 0 Å². The van der Waals surface area contributed by atoms with Crippen LogP contribution in [0.2, 0.25) is 0 Å². The summed E-state index contributed by atoms with van der Waals surface area (Å²) in [6, 6.07) is 25.8. The van der Waals surface area contributed by atoms with Gasteiger partial charge in [0.15, 0.2) is 0 Å². The molecule has 0 saturated heterocycles. The summed E-state index contributed by atoms with van der Waals surface area (Å²) >= 11 is 0. The predicted molar refractivity (Wildman–Crippen MR) is 86.8 cm³/mol. The highest BCUT2D eigenvalue weighted by molar-refractivity contribution is 5.74. The molecule has 3 aromatic carbocycles. The molecule has 0 bridgehead atoms. The van der Waals surface area contributed by atoms with E-state index in [0.717, 1.165) is 0 Å². The van der Waals surface area contributed by atoms with Gasteiger partial charge in [0.25, 0.3) is 0 Å². The Morgan fingerprint density at radius 3 is 1.85 bits per heavy atom. The maximum atomic E-state index is 2.28. The van der Waals surface area contributed by atoms with Gasteiger partial charge in [0.05, 0.1) is 0 Å². The van der Waals surface area contributed by atoms with Gasteiger partial charge in [-0.05, 0) is 47.2 Å². The van der Waals surface area contributed by atoms with Crippen molar-refractivity contribution in [2.24, 2.45) is 0 Å². The molecule has 0 heteroatoms. The third-order valence-corrected chi connectivity index (χ3v) is 3.77. The Labute approximate surface area is 120 Å². The summed E-state index contributed by atoms with van der Waals surface area (Å²) in [5, 5.41) is 0. The highest BCUT2D eigenvalue weighted by atomic mass is 14.1. The minimum Gasteiger partial charge on any atom is -0.0622 e. The first-order valence-electron chi connectivity index (χ1n) is 6.98. The Morgan fingerprint density at radius 2 is 1.15 bits per heavy atom. The molecule has 0 spiro atoms. The minimum absolute atomic E-state index is 1.28. The van der Waals surface area contributed by atoms with Crippen LogP contribution < -0.4 is 0 Å². The Kier molecular flexibility index (Phi) is 3.39. The van der Waals surface area contributed by atoms with Crippen LogP contribution in [0.1, 0.15) is 11.1 Å². The molecular formula is C20H18. The zero-order chi connectivity index (χ0) is 13.9. The van der Waals surface area contributed by atoms with E-state index in [1.165, 1.54) is 33.4 Å². The van der Waals surface area contributed by atoms with Crippen molar-refractivity contribution in [1.82, 2.24) is 0 Å². The first-order chi connectivity index (χ1) is 9.75. The molecule has 0 aliphatic rings. The fourth-order valence-electron chi connectivity index (χ4n) is 2.67. The third kappa shape index (κ3) is 2.37. The van der Waals surface area contributed by atoms with Crippen LogP contribution in [0.5, 0.6) is 0 Å². The van der Waals surface area contributed by atoms with Gasteiger partial charge in [-0.3, -0.25) is 0 Å². The van der Waals surface area contributed by atoms with Crippen molar-refractivity contribution in [2.75, 3.05) is 0 Å². The summed E-state index contributed by atoms with van der Waals surface area (Å²) in [5.41, 5.74) is 7.83. The maximum Gasteiger partial charge on any atom is -0.0154 e. The van der Waals surface area contributed by atoms with Gasteiger partial charge in [-0.1, -0.05) is 72.8 Å². The molecule has 0 aliphatic carbocycles. The van der Waals surface area contributed by atoms with E-state index in [2.05, 4.69) is 86.6 Å². The second kappa shape index (κ2) is 5.34. The molecule has 3 aromatic rings. The molecule has 0 nitrogen and oxygen atoms in total. The van der Waals surface area contributed by atoms with E-state index in [9.17, 15) is 0 Å². The van der Waals surface area contributed by atoms with Crippen molar-refractivity contribution in [2.45, 2.75) is 13.8 Å². The van der Waals surface area contributed by atoms with E-state index >= 15 is 0 Å². The zero-order valence-corrected chi connectivity index (χ0v) is 11.9. The standard InChI is InChI=1S/C20H18/c1-15-8-6-7-11-19(15)18-12-13-20(16(2)14-18)17-9-4-3-5-10-17/h3-14H,1-2H3. The third-order valence-electron chi connectivity index (χ3n) is 3.77. The Hall–Kier alpha value is -2.34. The van der Waals surface area contributed by atoms with Gasteiger partial charge in [0, 0.05) is 0 Å². The lowest BCUT2D eigenvalue weighted by atomic mass is 9.94. The molecule has 0 aliphatic heterocycles. The molecule has 0 aromatic heterocycles. The second-order valence-electron chi connectivity index (χ2n) is 5.21. The lowest BCUT2D eigenvalue weighted by Gasteiger charge is -2.11. The van der Waals surface area contributed by atoms with Crippen LogP contribution in [0.3, 0.4) is 0 Å². The van der Waals surface area contributed by atoms with Crippen LogP contribution in [0.4, 0.5) is 0 Å². The van der Waals surface area contributed by atoms with Crippen LogP contribution in [0, 0.1) is 13.8 Å². The highest BCUT2D eigenvalue weighted by Crippen LogP contribution is 2.29. The zero-order valence-electron chi connectivity index (χ0n) is 11.9. The van der Waals surface area contributed by atoms with E-state index in [1.807, 2.05) is 0 Å². The van der Waals surface area contributed by atoms with Crippen LogP contribution in [0.25, 0.3) is 22.3 Å². The number of benzene rings is 3. The molecule has 0 atom stereocenters. The number of hydrogen-bond donors (Lipinski definition) is 0. The first-order valence-corrected chi connectivity index (χ1v) is 6.98. The van der Waals surface area contributed by atoms with Gasteiger partial charge in [-0.25, -0.2) is 0 Å². The first kappa shape index (κ1) is 12.7. The fraction of sp³-hybridized carbons (Fsp3) is 0.100. The van der Waals surface area contributed by atoms with E-state index in [4.69, 9.17) is 0 Å². The van der Waals surface area contributed by atoms with Gasteiger partial charge >= 0.3 is 0 Å². The summed E-state index contributed by atoms with van der Waals surface area (Å²) in [6.45, 7) is 4.35. The quantitative estimate of drug-likeness (QED) is 0.558. The predicted octanol–water partition coefficient (Wildman–Crippen LogP) is 5.64. The van der Waals surface area contributed by atoms with Crippen molar-refractivity contribution >= 4 is 0 Å². The number of rotatable bonds is 2. The molecule has 0 saturated carbocycles. The summed E-state index contributed by atoms with van der Waals surface area (Å²) in [4.78, 5) is 0. The van der Waals surface area contributed by atoms with Gasteiger partial charge in [-0.2, -0.15) is 0 Å². The second-order valence-corrected chi connectivity index (χ2v) is 5.21. The minimum atomic E-state index is 1.28. The normalized spacial score (nSPS) is 10.5. The topological polar surface area (TPSA) is 0 Å². The number of hydrogen-bond acceptors (Lipinski definition) is 0. The van der Waals surface area contributed by atoms with Crippen LogP contribution >= 0.6 is 0 Å². The average Bonchev–Trinajstić information content (AvgIpc) is 2.48. The largest absolute Gasteiger partial charge is 0.0622 e. The van der Waals surface area contributed by atoms with Gasteiger partial charge < -0.3 is 0 Å². The van der Waals surface area contributed by atoms with Crippen LogP contribution in [-0.4, -0.2) is 0 Å². The average molecular weight is 258 g/mol. The molecule has 0 heterocycles. The lowest BCUT2D eigenvalue weighted by Crippen LogP contribution is -1.87. The van der Waals surface area contributed by atoms with Crippen molar-refractivity contribution in [3.8, 4) is 22.3 Å². The molecule has 3 rings (SSSR count). The molecule has 0 N–H and O–H groups in total. The van der Waals surface area contributed by atoms with Gasteiger partial charge in [0.2, 0.25) is 0 Å². The Balaban J connectivity index is 2.07.